The van der Waals surface area contributed by atoms with Gasteiger partial charge in [0.25, 0.3) is 0 Å². The number of hydrogen-bond donors (Lipinski definition) is 0. The van der Waals surface area contributed by atoms with E-state index in [0.29, 0.717) is 25.2 Å². The monoisotopic (exact) mass is 374 g/mol. The molecule has 1 aliphatic rings. The Balaban J connectivity index is 1.94. The van der Waals surface area contributed by atoms with Gasteiger partial charge in [-0.1, -0.05) is 30.3 Å². The number of benzene rings is 2. The van der Waals surface area contributed by atoms with Gasteiger partial charge in [-0.3, -0.25) is 0 Å². The van der Waals surface area contributed by atoms with Crippen LogP contribution in [0, 0.1) is 0 Å². The van der Waals surface area contributed by atoms with E-state index in [1.165, 1.54) is 31.4 Å². The van der Waals surface area contributed by atoms with Gasteiger partial charge in [0.05, 0.1) is 23.6 Å². The molecule has 0 aromatic heterocycles. The van der Waals surface area contributed by atoms with Crippen LogP contribution in [0.25, 0.3) is 0 Å². The number of nitrogens with zero attached hydrogens (tertiary/aromatic N) is 2. The molecule has 0 aliphatic carbocycles. The summed E-state index contributed by atoms with van der Waals surface area (Å²) in [6.45, 7) is 1.71. The minimum absolute atomic E-state index is 0.177. The number of hydrogen-bond acceptors (Lipinski definition) is 5. The van der Waals surface area contributed by atoms with Gasteiger partial charge in [-0.2, -0.15) is 4.31 Å². The highest BCUT2D eigenvalue weighted by Gasteiger charge is 2.36. The molecule has 1 saturated heterocycles. The molecule has 1 fully saturated rings. The molecule has 2 aromatic rings. The first-order chi connectivity index (χ1) is 12.4. The summed E-state index contributed by atoms with van der Waals surface area (Å²) in [5, 5.41) is 0. The maximum atomic E-state index is 13.2. The van der Waals surface area contributed by atoms with Gasteiger partial charge >= 0.3 is 5.97 Å². The maximum Gasteiger partial charge on any atom is 0.337 e. The van der Waals surface area contributed by atoms with Crippen LogP contribution < -0.4 is 0 Å². The van der Waals surface area contributed by atoms with Crippen LogP contribution in [0.3, 0.4) is 0 Å². The smallest absolute Gasteiger partial charge is 0.337 e. The van der Waals surface area contributed by atoms with Crippen molar-refractivity contribution in [2.24, 2.45) is 0 Å². The lowest BCUT2D eigenvalue weighted by molar-refractivity contribution is 0.0600. The minimum atomic E-state index is -3.68. The molecular formula is C19H22N2O4S. The van der Waals surface area contributed by atoms with Crippen molar-refractivity contribution in [2.45, 2.75) is 10.9 Å². The molecule has 0 radical (unpaired) electrons. The molecule has 0 bridgehead atoms. The van der Waals surface area contributed by atoms with Crippen LogP contribution in [0.1, 0.15) is 22.0 Å². The summed E-state index contributed by atoms with van der Waals surface area (Å²) in [5.74, 6) is -0.490. The van der Waals surface area contributed by atoms with Crippen molar-refractivity contribution in [3.63, 3.8) is 0 Å². The van der Waals surface area contributed by atoms with Gasteiger partial charge in [-0.25, -0.2) is 13.2 Å². The van der Waals surface area contributed by atoms with Gasteiger partial charge in [-0.15, -0.1) is 0 Å². The zero-order valence-electron chi connectivity index (χ0n) is 14.8. The van der Waals surface area contributed by atoms with E-state index in [2.05, 4.69) is 9.64 Å². The fraction of sp³-hybridized carbons (Fsp3) is 0.316. The highest BCUT2D eigenvalue weighted by atomic mass is 32.2. The molecule has 7 heteroatoms. The first-order valence-corrected chi connectivity index (χ1v) is 9.81. The molecule has 3 rings (SSSR count). The third kappa shape index (κ3) is 3.65. The number of sulfonamides is 1. The van der Waals surface area contributed by atoms with Gasteiger partial charge in [0.1, 0.15) is 0 Å². The number of methoxy groups -OCH3 is 1. The van der Waals surface area contributed by atoms with Gasteiger partial charge in [0.15, 0.2) is 0 Å². The average Bonchev–Trinajstić information content (AvgIpc) is 2.68. The number of carbonyl (C=O) groups is 1. The lowest BCUT2D eigenvalue weighted by Gasteiger charge is -2.39. The topological polar surface area (TPSA) is 66.9 Å². The number of esters is 1. The van der Waals surface area contributed by atoms with Gasteiger partial charge in [-0.05, 0) is 36.9 Å². The fourth-order valence-corrected chi connectivity index (χ4v) is 4.75. The minimum Gasteiger partial charge on any atom is -0.465 e. The summed E-state index contributed by atoms with van der Waals surface area (Å²) < 4.78 is 32.7. The quantitative estimate of drug-likeness (QED) is 0.767. The summed E-state index contributed by atoms with van der Waals surface area (Å²) in [7, 11) is -0.393. The van der Waals surface area contributed by atoms with Crippen LogP contribution in [0.4, 0.5) is 0 Å². The van der Waals surface area contributed by atoms with E-state index < -0.39 is 16.0 Å². The highest BCUT2D eigenvalue weighted by Crippen LogP contribution is 2.30. The molecule has 1 aliphatic heterocycles. The third-order valence-electron chi connectivity index (χ3n) is 4.60. The Morgan fingerprint density at radius 1 is 1.04 bits per heavy atom. The van der Waals surface area contributed by atoms with E-state index in [0.717, 1.165) is 5.56 Å². The second-order valence-electron chi connectivity index (χ2n) is 6.32. The summed E-state index contributed by atoms with van der Waals surface area (Å²) in [6.07, 6.45) is 0. The molecule has 0 saturated carbocycles. The van der Waals surface area contributed by atoms with Gasteiger partial charge < -0.3 is 9.64 Å². The predicted octanol–water partition coefficient (Wildman–Crippen LogP) is 2.15. The van der Waals surface area contributed by atoms with E-state index in [-0.39, 0.29) is 10.9 Å². The summed E-state index contributed by atoms with van der Waals surface area (Å²) in [4.78, 5) is 13.9. The van der Waals surface area contributed by atoms with Crippen molar-refractivity contribution >= 4 is 16.0 Å². The number of rotatable bonds is 4. The number of carbonyl (C=O) groups excluding carboxylic acids is 1. The lowest BCUT2D eigenvalue weighted by Crippen LogP contribution is -2.49. The van der Waals surface area contributed by atoms with Gasteiger partial charge in [0, 0.05) is 19.6 Å². The SMILES string of the molecule is COC(=O)c1ccc(S(=O)(=O)N2CCN(C)CC2c2ccccc2)cc1. The van der Waals surface area contributed by atoms with E-state index in [1.54, 1.807) is 4.31 Å². The fourth-order valence-electron chi connectivity index (χ4n) is 3.15. The van der Waals surface area contributed by atoms with E-state index >= 15 is 0 Å². The number of ether oxygens (including phenoxy) is 1. The van der Waals surface area contributed by atoms with Crippen molar-refractivity contribution in [1.82, 2.24) is 9.21 Å². The van der Waals surface area contributed by atoms with Crippen molar-refractivity contribution < 1.29 is 17.9 Å². The first kappa shape index (κ1) is 18.6. The molecule has 138 valence electrons. The molecule has 1 heterocycles. The summed E-state index contributed by atoms with van der Waals surface area (Å²) in [6, 6.07) is 15.3. The predicted molar refractivity (Wildman–Crippen MR) is 98.4 cm³/mol. The van der Waals surface area contributed by atoms with Crippen LogP contribution in [0.5, 0.6) is 0 Å². The number of likely N-dealkylation sites (N-methyl/N-ethyl adjacent to an activating group) is 1. The maximum absolute atomic E-state index is 13.2. The van der Waals surface area contributed by atoms with Gasteiger partial charge in [0.2, 0.25) is 10.0 Å². The summed E-state index contributed by atoms with van der Waals surface area (Å²) >= 11 is 0. The lowest BCUT2D eigenvalue weighted by atomic mass is 10.1. The molecular weight excluding hydrogens is 352 g/mol. The van der Waals surface area contributed by atoms with E-state index in [4.69, 9.17) is 0 Å². The Hall–Kier alpha value is -2.22. The normalized spacial score (nSPS) is 19.2. The van der Waals surface area contributed by atoms with E-state index in [1.807, 2.05) is 37.4 Å². The molecule has 1 unspecified atom stereocenters. The molecule has 2 aromatic carbocycles. The Labute approximate surface area is 154 Å². The number of piperazine rings is 1. The molecule has 26 heavy (non-hydrogen) atoms. The second-order valence-corrected chi connectivity index (χ2v) is 8.21. The second kappa shape index (κ2) is 7.57. The van der Waals surface area contributed by atoms with Crippen molar-refractivity contribution in [3.8, 4) is 0 Å². The average molecular weight is 374 g/mol. The van der Waals surface area contributed by atoms with Crippen LogP contribution in [-0.4, -0.2) is 57.4 Å². The molecule has 0 amide bonds. The zero-order chi connectivity index (χ0) is 18.7. The molecule has 6 nitrogen and oxygen atoms in total. The largest absolute Gasteiger partial charge is 0.465 e. The standard InChI is InChI=1S/C19H22N2O4S/c1-20-12-13-21(18(14-20)15-6-4-3-5-7-15)26(23,24)17-10-8-16(9-11-17)19(22)25-2/h3-11,18H,12-14H2,1-2H3. The van der Waals surface area contributed by atoms with Crippen LogP contribution in [0.2, 0.25) is 0 Å². The zero-order valence-corrected chi connectivity index (χ0v) is 15.6. The van der Waals surface area contributed by atoms with E-state index in [9.17, 15) is 13.2 Å². The van der Waals surface area contributed by atoms with Crippen LogP contribution in [0.15, 0.2) is 59.5 Å². The Kier molecular flexibility index (Phi) is 5.41. The van der Waals surface area contributed by atoms with Crippen molar-refractivity contribution in [3.05, 3.63) is 65.7 Å². The first-order valence-electron chi connectivity index (χ1n) is 8.37. The summed E-state index contributed by atoms with van der Waals surface area (Å²) in [5.41, 5.74) is 1.29. The van der Waals surface area contributed by atoms with Crippen molar-refractivity contribution in [1.29, 1.82) is 0 Å². The molecule has 1 atom stereocenters. The Bertz CT molecular complexity index is 866. The highest BCUT2D eigenvalue weighted by molar-refractivity contribution is 7.89. The van der Waals surface area contributed by atoms with Crippen LogP contribution >= 0.6 is 0 Å². The Morgan fingerprint density at radius 3 is 2.31 bits per heavy atom. The molecule has 0 N–H and O–H groups in total. The third-order valence-corrected chi connectivity index (χ3v) is 6.52. The van der Waals surface area contributed by atoms with Crippen LogP contribution in [-0.2, 0) is 14.8 Å². The van der Waals surface area contributed by atoms with Crippen molar-refractivity contribution in [2.75, 3.05) is 33.8 Å². The Morgan fingerprint density at radius 2 is 1.69 bits per heavy atom. The molecule has 0 spiro atoms.